The van der Waals surface area contributed by atoms with E-state index < -0.39 is 0 Å². The third-order valence-corrected chi connectivity index (χ3v) is 5.40. The standard InChI is InChI=1S/C20H19N5O3/c26-14-5-1-3-12(9-14)19(27)24-8-2-4-13(11-24)25-17-15-6-7-21-18(15)22-10-16(17)23-20(25)28/h1,3,5-7,9-10,13,26H,2,4,8,11H2,(H,21,22)(H,23,28)/t13-/m1/s1. The lowest BCUT2D eigenvalue weighted by molar-refractivity contribution is 0.0679. The van der Waals surface area contributed by atoms with Crippen molar-refractivity contribution >= 4 is 28.0 Å². The van der Waals surface area contributed by atoms with Gasteiger partial charge in [0.05, 0.1) is 23.3 Å². The van der Waals surface area contributed by atoms with Crippen LogP contribution in [0.2, 0.25) is 0 Å². The maximum absolute atomic E-state index is 12.9. The molecule has 1 saturated heterocycles. The summed E-state index contributed by atoms with van der Waals surface area (Å²) in [7, 11) is 0. The Labute approximate surface area is 159 Å². The molecular formula is C20H19N5O3. The molecular weight excluding hydrogens is 358 g/mol. The molecule has 4 heterocycles. The topological polar surface area (TPSA) is 107 Å². The Bertz CT molecular complexity index is 1250. The molecule has 0 bridgehead atoms. The van der Waals surface area contributed by atoms with Gasteiger partial charge in [-0.1, -0.05) is 6.07 Å². The summed E-state index contributed by atoms with van der Waals surface area (Å²) in [5.41, 5.74) is 2.48. The summed E-state index contributed by atoms with van der Waals surface area (Å²) in [5, 5.41) is 10.6. The van der Waals surface area contributed by atoms with E-state index in [0.717, 1.165) is 29.4 Å². The Balaban J connectivity index is 1.53. The molecule has 28 heavy (non-hydrogen) atoms. The molecule has 3 aromatic heterocycles. The summed E-state index contributed by atoms with van der Waals surface area (Å²) in [6.45, 7) is 1.07. The Morgan fingerprint density at radius 1 is 1.29 bits per heavy atom. The van der Waals surface area contributed by atoms with Crippen molar-refractivity contribution in [2.45, 2.75) is 18.9 Å². The van der Waals surface area contributed by atoms with Gasteiger partial charge in [0.2, 0.25) is 0 Å². The molecule has 1 amide bonds. The zero-order chi connectivity index (χ0) is 19.3. The number of carbonyl (C=O) groups excluding carboxylic acids is 1. The maximum Gasteiger partial charge on any atom is 0.326 e. The van der Waals surface area contributed by atoms with E-state index in [1.807, 2.05) is 6.07 Å². The zero-order valence-corrected chi connectivity index (χ0v) is 15.1. The predicted molar refractivity (Wildman–Crippen MR) is 104 cm³/mol. The van der Waals surface area contributed by atoms with Gasteiger partial charge in [0, 0.05) is 30.2 Å². The van der Waals surface area contributed by atoms with Gasteiger partial charge in [-0.2, -0.15) is 0 Å². The number of rotatable bonds is 2. The number of hydrogen-bond donors (Lipinski definition) is 3. The van der Waals surface area contributed by atoms with Crippen LogP contribution in [0.5, 0.6) is 5.75 Å². The highest BCUT2D eigenvalue weighted by Gasteiger charge is 2.28. The summed E-state index contributed by atoms with van der Waals surface area (Å²) in [5.74, 6) is -0.0726. The molecule has 1 aliphatic heterocycles. The average molecular weight is 377 g/mol. The number of fused-ring (bicyclic) bond motifs is 3. The van der Waals surface area contributed by atoms with Crippen molar-refractivity contribution in [1.82, 2.24) is 24.4 Å². The molecule has 142 valence electrons. The van der Waals surface area contributed by atoms with Crippen LogP contribution >= 0.6 is 0 Å². The van der Waals surface area contributed by atoms with Crippen molar-refractivity contribution in [2.24, 2.45) is 0 Å². The molecule has 3 N–H and O–H groups in total. The SMILES string of the molecule is O=C(c1cccc(O)c1)N1CCC[C@@H](n2c(=O)[nH]c3cnc4[nH]ccc4c32)C1. The molecule has 4 aromatic rings. The van der Waals surface area contributed by atoms with Gasteiger partial charge < -0.3 is 20.0 Å². The number of amides is 1. The number of hydrogen-bond acceptors (Lipinski definition) is 4. The second kappa shape index (κ2) is 6.26. The average Bonchev–Trinajstić information content (AvgIpc) is 3.30. The van der Waals surface area contributed by atoms with Crippen LogP contribution in [0.15, 0.2) is 47.5 Å². The Morgan fingerprint density at radius 2 is 2.18 bits per heavy atom. The third kappa shape index (κ3) is 2.57. The lowest BCUT2D eigenvalue weighted by Gasteiger charge is -2.33. The van der Waals surface area contributed by atoms with Crippen molar-refractivity contribution in [2.75, 3.05) is 13.1 Å². The van der Waals surface area contributed by atoms with Gasteiger partial charge in [-0.15, -0.1) is 0 Å². The lowest BCUT2D eigenvalue weighted by atomic mass is 10.0. The van der Waals surface area contributed by atoms with E-state index >= 15 is 0 Å². The molecule has 1 atom stereocenters. The monoisotopic (exact) mass is 377 g/mol. The zero-order valence-electron chi connectivity index (χ0n) is 15.1. The number of pyridine rings is 1. The smallest absolute Gasteiger partial charge is 0.326 e. The van der Waals surface area contributed by atoms with Gasteiger partial charge in [-0.3, -0.25) is 9.36 Å². The van der Waals surface area contributed by atoms with Gasteiger partial charge in [0.15, 0.2) is 0 Å². The third-order valence-electron chi connectivity index (χ3n) is 5.40. The minimum atomic E-state index is -0.192. The van der Waals surface area contributed by atoms with E-state index in [1.165, 1.54) is 12.1 Å². The fourth-order valence-electron chi connectivity index (χ4n) is 4.14. The molecule has 0 radical (unpaired) electrons. The summed E-state index contributed by atoms with van der Waals surface area (Å²) in [6, 6.07) is 8.14. The number of piperidine rings is 1. The van der Waals surface area contributed by atoms with Crippen LogP contribution in [0.25, 0.3) is 22.1 Å². The fraction of sp³-hybridized carbons (Fsp3) is 0.250. The summed E-state index contributed by atoms with van der Waals surface area (Å²) < 4.78 is 1.76. The molecule has 1 aliphatic rings. The van der Waals surface area contributed by atoms with Gasteiger partial charge in [0.1, 0.15) is 11.4 Å². The van der Waals surface area contributed by atoms with Gasteiger partial charge >= 0.3 is 5.69 Å². The molecule has 0 aliphatic carbocycles. The number of likely N-dealkylation sites (tertiary alicyclic amines) is 1. The minimum Gasteiger partial charge on any atom is -0.508 e. The van der Waals surface area contributed by atoms with E-state index in [4.69, 9.17) is 0 Å². The molecule has 0 unspecified atom stereocenters. The highest BCUT2D eigenvalue weighted by atomic mass is 16.3. The summed E-state index contributed by atoms with van der Waals surface area (Å²) in [6.07, 6.45) is 5.07. The number of phenolic OH excluding ortho intramolecular Hbond substituents is 1. The van der Waals surface area contributed by atoms with Crippen LogP contribution in [0.1, 0.15) is 29.2 Å². The van der Waals surface area contributed by atoms with Crippen LogP contribution < -0.4 is 5.69 Å². The first kappa shape index (κ1) is 16.6. The molecule has 1 aromatic carbocycles. The first-order chi connectivity index (χ1) is 13.6. The Morgan fingerprint density at radius 3 is 3.04 bits per heavy atom. The van der Waals surface area contributed by atoms with Crippen molar-refractivity contribution in [3.8, 4) is 5.75 Å². The van der Waals surface area contributed by atoms with Crippen LogP contribution in [0.3, 0.4) is 0 Å². The largest absolute Gasteiger partial charge is 0.508 e. The number of benzene rings is 1. The highest BCUT2D eigenvalue weighted by Crippen LogP contribution is 2.28. The van der Waals surface area contributed by atoms with Crippen LogP contribution in [-0.2, 0) is 0 Å². The molecule has 5 rings (SSSR count). The van der Waals surface area contributed by atoms with Crippen molar-refractivity contribution in [1.29, 1.82) is 0 Å². The van der Waals surface area contributed by atoms with Crippen LogP contribution in [0, 0.1) is 0 Å². The number of H-pyrrole nitrogens is 2. The Hall–Kier alpha value is -3.55. The van der Waals surface area contributed by atoms with E-state index in [2.05, 4.69) is 15.0 Å². The first-order valence-electron chi connectivity index (χ1n) is 9.26. The van der Waals surface area contributed by atoms with Gasteiger partial charge in [-0.05, 0) is 37.1 Å². The number of aromatic amines is 2. The normalized spacial score (nSPS) is 17.4. The minimum absolute atomic E-state index is 0.0645. The summed E-state index contributed by atoms with van der Waals surface area (Å²) >= 11 is 0. The number of aromatic nitrogens is 4. The van der Waals surface area contributed by atoms with E-state index in [0.29, 0.717) is 24.2 Å². The quantitative estimate of drug-likeness (QED) is 0.498. The predicted octanol–water partition coefficient (Wildman–Crippen LogP) is 2.39. The number of phenols is 1. The van der Waals surface area contributed by atoms with Crippen molar-refractivity contribution < 1.29 is 9.90 Å². The molecule has 0 spiro atoms. The number of nitrogens with one attached hydrogen (secondary N) is 2. The number of carbonyl (C=O) groups is 1. The van der Waals surface area contributed by atoms with E-state index in [-0.39, 0.29) is 23.4 Å². The van der Waals surface area contributed by atoms with Crippen LogP contribution in [-0.4, -0.2) is 48.5 Å². The second-order valence-corrected chi connectivity index (χ2v) is 7.16. The fourth-order valence-corrected chi connectivity index (χ4v) is 4.14. The summed E-state index contributed by atoms with van der Waals surface area (Å²) in [4.78, 5) is 37.7. The first-order valence-corrected chi connectivity index (χ1v) is 9.26. The second-order valence-electron chi connectivity index (χ2n) is 7.16. The molecule has 8 heteroatoms. The van der Waals surface area contributed by atoms with Crippen LogP contribution in [0.4, 0.5) is 0 Å². The van der Waals surface area contributed by atoms with E-state index in [9.17, 15) is 14.7 Å². The van der Waals surface area contributed by atoms with Gasteiger partial charge in [-0.25, -0.2) is 9.78 Å². The maximum atomic E-state index is 12.9. The molecule has 8 nitrogen and oxygen atoms in total. The number of nitrogens with zero attached hydrogens (tertiary/aromatic N) is 3. The highest BCUT2D eigenvalue weighted by molar-refractivity contribution is 6.01. The lowest BCUT2D eigenvalue weighted by Crippen LogP contribution is -2.42. The van der Waals surface area contributed by atoms with Crippen molar-refractivity contribution in [3.05, 3.63) is 58.8 Å². The Kier molecular flexibility index (Phi) is 3.71. The molecule has 0 saturated carbocycles. The molecule has 1 fully saturated rings. The number of aromatic hydroxyl groups is 1. The van der Waals surface area contributed by atoms with Crippen molar-refractivity contribution in [3.63, 3.8) is 0 Å². The van der Waals surface area contributed by atoms with Gasteiger partial charge in [0.25, 0.3) is 5.91 Å². The van der Waals surface area contributed by atoms with E-state index in [1.54, 1.807) is 34.0 Å². The number of imidazole rings is 1.